The van der Waals surface area contributed by atoms with Crippen molar-refractivity contribution in [3.05, 3.63) is 0 Å². The fourth-order valence-electron chi connectivity index (χ4n) is 12.8. The van der Waals surface area contributed by atoms with Gasteiger partial charge < -0.3 is 0 Å². The summed E-state index contributed by atoms with van der Waals surface area (Å²) in [5, 5.41) is 0. The van der Waals surface area contributed by atoms with Crippen LogP contribution in [0.1, 0.15) is 52.4 Å². The molecule has 24 heavy (non-hydrogen) atoms. The first kappa shape index (κ1) is 12.7. The summed E-state index contributed by atoms with van der Waals surface area (Å²) in [6, 6.07) is 0. The molecule has 126 valence electrons. The van der Waals surface area contributed by atoms with Gasteiger partial charge >= 0.3 is 0 Å². The summed E-state index contributed by atoms with van der Waals surface area (Å²) in [6.45, 7) is 4.71. The molecule has 8 aliphatic carbocycles. The van der Waals surface area contributed by atoms with Crippen molar-refractivity contribution < 1.29 is 9.59 Å². The topological polar surface area (TPSA) is 34.1 Å². The van der Waals surface area contributed by atoms with Crippen LogP contribution in [-0.4, -0.2) is 11.6 Å². The van der Waals surface area contributed by atoms with Crippen LogP contribution in [0.15, 0.2) is 0 Å². The third kappa shape index (κ3) is 0.687. The number of hydrogen-bond donors (Lipinski definition) is 0. The van der Waals surface area contributed by atoms with Crippen LogP contribution in [0.2, 0.25) is 0 Å². The Balaban J connectivity index is 1.55. The maximum Gasteiger partial charge on any atom is 0.146 e. The Kier molecular flexibility index (Phi) is 1.52. The molecule has 0 spiro atoms. The summed E-state index contributed by atoms with van der Waals surface area (Å²) < 4.78 is 0. The Bertz CT molecular complexity index is 734. The highest BCUT2D eigenvalue weighted by Crippen LogP contribution is 2.97. The lowest BCUT2D eigenvalue weighted by Crippen LogP contribution is -2.59. The van der Waals surface area contributed by atoms with Crippen molar-refractivity contribution in [3.63, 3.8) is 0 Å². The van der Waals surface area contributed by atoms with Crippen LogP contribution < -0.4 is 0 Å². The maximum atomic E-state index is 14.0. The van der Waals surface area contributed by atoms with E-state index >= 15 is 0 Å². The average molecular weight is 322 g/mol. The van der Waals surface area contributed by atoms with Gasteiger partial charge in [0.05, 0.1) is 0 Å². The highest BCUT2D eigenvalue weighted by atomic mass is 16.1. The normalized spacial score (nSPS) is 77.4. The van der Waals surface area contributed by atoms with E-state index in [1.54, 1.807) is 0 Å². The van der Waals surface area contributed by atoms with Gasteiger partial charge in [-0.05, 0) is 73.0 Å². The molecule has 8 fully saturated rings. The van der Waals surface area contributed by atoms with Crippen molar-refractivity contribution in [2.75, 3.05) is 0 Å². The van der Waals surface area contributed by atoms with Crippen molar-refractivity contribution in [2.45, 2.75) is 52.4 Å². The second kappa shape index (κ2) is 2.89. The van der Waals surface area contributed by atoms with E-state index in [-0.39, 0.29) is 21.7 Å². The quantitative estimate of drug-likeness (QED) is 0.684. The zero-order chi connectivity index (χ0) is 16.0. The molecule has 0 N–H and O–H groups in total. The highest BCUT2D eigenvalue weighted by molar-refractivity contribution is 6.05. The Labute approximate surface area is 143 Å². The van der Waals surface area contributed by atoms with Gasteiger partial charge in [0.15, 0.2) is 0 Å². The van der Waals surface area contributed by atoms with Crippen molar-refractivity contribution in [1.82, 2.24) is 0 Å². The van der Waals surface area contributed by atoms with Gasteiger partial charge in [-0.3, -0.25) is 9.59 Å². The second-order valence-corrected chi connectivity index (χ2v) is 11.5. The number of rotatable bonds is 0. The molecule has 4 bridgehead atoms. The zero-order valence-electron chi connectivity index (χ0n) is 14.7. The molecule has 0 amide bonds. The Morgan fingerprint density at radius 3 is 1.58 bits per heavy atom. The molecule has 8 saturated carbocycles. The van der Waals surface area contributed by atoms with Crippen LogP contribution in [0.5, 0.6) is 0 Å². The molecule has 0 aromatic heterocycles. The van der Waals surface area contributed by atoms with Crippen LogP contribution in [0, 0.1) is 69.0 Å². The lowest BCUT2D eigenvalue weighted by molar-refractivity contribution is -0.163. The predicted molar refractivity (Wildman–Crippen MR) is 86.7 cm³/mol. The second-order valence-electron chi connectivity index (χ2n) is 11.5. The van der Waals surface area contributed by atoms with E-state index in [0.29, 0.717) is 47.1 Å². The standard InChI is InChI=1S/C22H26O2/c1-19-13-9-5-3-8-22(9,17(19)23)16-11(13)12-14-10-6-4-7-21(10,15(12)19)18(24)20(14,16)2/h9-16H,3-8H2,1-2H3/t9?,10?,11?,12?,13?,14?,15?,16?,19-,20-,21?,22?/m1/s1. The minimum atomic E-state index is -0.119. The minimum Gasteiger partial charge on any atom is -0.298 e. The number of fused-ring (bicyclic) bond motifs is 2. The van der Waals surface area contributed by atoms with Gasteiger partial charge in [-0.15, -0.1) is 0 Å². The van der Waals surface area contributed by atoms with Gasteiger partial charge in [-0.1, -0.05) is 26.7 Å². The fraction of sp³-hybridized carbons (Fsp3) is 0.909. The molecule has 0 heterocycles. The van der Waals surface area contributed by atoms with Gasteiger partial charge in [0, 0.05) is 21.7 Å². The molecule has 0 aromatic rings. The number of hydrogen-bond acceptors (Lipinski definition) is 2. The SMILES string of the molecule is C[C@@]12C(=O)C34CCCC3C1C1C3C5C6CCCC6(C(=O)[C@@]5(C)C14)C32. The predicted octanol–water partition coefficient (Wildman–Crippen LogP) is 3.49. The molecule has 2 heteroatoms. The smallest absolute Gasteiger partial charge is 0.146 e. The first-order valence-electron chi connectivity index (χ1n) is 10.6. The summed E-state index contributed by atoms with van der Waals surface area (Å²) >= 11 is 0. The minimum absolute atomic E-state index is 0.0590. The van der Waals surface area contributed by atoms with E-state index in [9.17, 15) is 9.59 Å². The molecule has 8 aliphatic rings. The largest absolute Gasteiger partial charge is 0.298 e. The fourth-order valence-corrected chi connectivity index (χ4v) is 12.8. The zero-order valence-corrected chi connectivity index (χ0v) is 14.7. The molecule has 0 saturated heterocycles. The van der Waals surface area contributed by atoms with Crippen molar-refractivity contribution in [3.8, 4) is 0 Å². The van der Waals surface area contributed by atoms with Crippen LogP contribution in [0.25, 0.3) is 0 Å². The molecule has 0 radical (unpaired) electrons. The molecule has 12 atom stereocenters. The van der Waals surface area contributed by atoms with Crippen LogP contribution in [-0.2, 0) is 9.59 Å². The third-order valence-electron chi connectivity index (χ3n) is 12.1. The van der Waals surface area contributed by atoms with E-state index in [0.717, 1.165) is 24.7 Å². The molecular weight excluding hydrogens is 296 g/mol. The molecule has 10 unspecified atom stereocenters. The van der Waals surface area contributed by atoms with Crippen LogP contribution in [0.4, 0.5) is 0 Å². The average Bonchev–Trinajstić information content (AvgIpc) is 3.29. The van der Waals surface area contributed by atoms with Crippen LogP contribution in [0.3, 0.4) is 0 Å². The molecular formula is C22H26O2. The lowest BCUT2D eigenvalue weighted by Gasteiger charge is -2.53. The van der Waals surface area contributed by atoms with Crippen molar-refractivity contribution in [1.29, 1.82) is 0 Å². The van der Waals surface area contributed by atoms with Gasteiger partial charge in [0.25, 0.3) is 0 Å². The summed E-state index contributed by atoms with van der Waals surface area (Å²) in [4.78, 5) is 28.0. The molecule has 0 aromatic carbocycles. The summed E-state index contributed by atoms with van der Waals surface area (Å²) in [5.74, 6) is 6.32. The number of carbonyl (C=O) groups is 2. The van der Waals surface area contributed by atoms with E-state index in [1.165, 1.54) is 25.7 Å². The van der Waals surface area contributed by atoms with E-state index in [2.05, 4.69) is 13.8 Å². The van der Waals surface area contributed by atoms with E-state index < -0.39 is 0 Å². The first-order valence-corrected chi connectivity index (χ1v) is 10.6. The maximum absolute atomic E-state index is 14.0. The molecule has 2 nitrogen and oxygen atoms in total. The number of ketones is 2. The Morgan fingerprint density at radius 1 is 0.750 bits per heavy atom. The first-order chi connectivity index (χ1) is 11.5. The van der Waals surface area contributed by atoms with Crippen LogP contribution >= 0.6 is 0 Å². The van der Waals surface area contributed by atoms with Gasteiger partial charge in [0.1, 0.15) is 11.6 Å². The van der Waals surface area contributed by atoms with Gasteiger partial charge in [-0.25, -0.2) is 0 Å². The van der Waals surface area contributed by atoms with E-state index in [1.807, 2.05) is 0 Å². The number of carbonyl (C=O) groups excluding carboxylic acids is 2. The lowest BCUT2D eigenvalue weighted by atomic mass is 9.48. The summed E-state index contributed by atoms with van der Waals surface area (Å²) in [6.07, 6.45) is 7.29. The Morgan fingerprint density at radius 2 is 1.17 bits per heavy atom. The van der Waals surface area contributed by atoms with Gasteiger partial charge in [-0.2, -0.15) is 0 Å². The summed E-state index contributed by atoms with van der Waals surface area (Å²) in [7, 11) is 0. The molecule has 8 rings (SSSR count). The number of Topliss-reactive ketones (excluding diaryl/α,β-unsaturated/α-hetero) is 2. The molecule has 0 aliphatic heterocycles. The van der Waals surface area contributed by atoms with Gasteiger partial charge in [0.2, 0.25) is 0 Å². The van der Waals surface area contributed by atoms with Crippen molar-refractivity contribution >= 4 is 11.6 Å². The summed E-state index contributed by atoms with van der Waals surface area (Å²) in [5.41, 5.74) is -0.357. The Hall–Kier alpha value is -0.660. The van der Waals surface area contributed by atoms with Crippen molar-refractivity contribution in [2.24, 2.45) is 69.0 Å². The highest BCUT2D eigenvalue weighted by Gasteiger charge is 2.98. The monoisotopic (exact) mass is 322 g/mol. The third-order valence-corrected chi connectivity index (χ3v) is 12.1. The van der Waals surface area contributed by atoms with E-state index in [4.69, 9.17) is 0 Å².